The van der Waals surface area contributed by atoms with Gasteiger partial charge < -0.3 is 15.2 Å². The van der Waals surface area contributed by atoms with Crippen LogP contribution >= 0.6 is 0 Å². The molecule has 1 heterocycles. The van der Waals surface area contributed by atoms with Crippen LogP contribution in [0, 0.1) is 0 Å². The van der Waals surface area contributed by atoms with E-state index in [4.69, 9.17) is 0 Å². The van der Waals surface area contributed by atoms with Gasteiger partial charge in [-0.15, -0.1) is 6.58 Å². The summed E-state index contributed by atoms with van der Waals surface area (Å²) < 4.78 is 0. The van der Waals surface area contributed by atoms with Crippen LogP contribution in [0.3, 0.4) is 0 Å². The van der Waals surface area contributed by atoms with Gasteiger partial charge in [0.15, 0.2) is 0 Å². The van der Waals surface area contributed by atoms with Crippen molar-refractivity contribution >= 4 is 22.7 Å². The topological polar surface area (TPSA) is 65.2 Å². The summed E-state index contributed by atoms with van der Waals surface area (Å²) in [7, 11) is 0. The maximum atomic E-state index is 11.9. The summed E-state index contributed by atoms with van der Waals surface area (Å²) in [6, 6.07) is 8.07. The molecule has 2 N–H and O–H groups in total. The number of H-pyrrole nitrogens is 1. The lowest BCUT2D eigenvalue weighted by atomic mass is 10.1. The van der Waals surface area contributed by atoms with E-state index in [1.54, 1.807) is 6.08 Å². The summed E-state index contributed by atoms with van der Waals surface area (Å²) in [4.78, 5) is 27.9. The molecule has 5 nitrogen and oxygen atoms in total. The normalized spacial score (nSPS) is 10.4. The highest BCUT2D eigenvalue weighted by Gasteiger charge is 2.11. The second-order valence-corrected chi connectivity index (χ2v) is 5.15. The molecule has 0 spiro atoms. The standard InChI is InChI=1S/C17H21N3O2/c1-3-10-20(13(2)21)12-17(22)18-9-8-14-11-19-16-7-5-4-6-15(14)16/h3-7,11,19H,1,8-10,12H2,2H3,(H,18,22). The number of amides is 2. The molecule has 0 aliphatic heterocycles. The molecule has 1 aromatic heterocycles. The lowest BCUT2D eigenvalue weighted by molar-refractivity contribution is -0.133. The van der Waals surface area contributed by atoms with E-state index in [2.05, 4.69) is 22.9 Å². The predicted molar refractivity (Wildman–Crippen MR) is 87.5 cm³/mol. The summed E-state index contributed by atoms with van der Waals surface area (Å²) in [5.41, 5.74) is 2.27. The van der Waals surface area contributed by atoms with Crippen LogP contribution in [-0.2, 0) is 16.0 Å². The molecule has 0 aliphatic rings. The monoisotopic (exact) mass is 299 g/mol. The van der Waals surface area contributed by atoms with Gasteiger partial charge in [-0.25, -0.2) is 0 Å². The Morgan fingerprint density at radius 1 is 1.36 bits per heavy atom. The van der Waals surface area contributed by atoms with Crippen LogP contribution in [0.25, 0.3) is 10.9 Å². The van der Waals surface area contributed by atoms with Gasteiger partial charge in [-0.05, 0) is 18.1 Å². The highest BCUT2D eigenvalue weighted by Crippen LogP contribution is 2.17. The Balaban J connectivity index is 1.84. The van der Waals surface area contributed by atoms with E-state index in [0.29, 0.717) is 13.1 Å². The number of fused-ring (bicyclic) bond motifs is 1. The summed E-state index contributed by atoms with van der Waals surface area (Å²) in [5.74, 6) is -0.288. The minimum absolute atomic E-state index is 0.0647. The van der Waals surface area contributed by atoms with Crippen molar-refractivity contribution in [2.24, 2.45) is 0 Å². The molecule has 0 saturated carbocycles. The Morgan fingerprint density at radius 2 is 2.14 bits per heavy atom. The molecule has 0 bridgehead atoms. The number of hydrogen-bond acceptors (Lipinski definition) is 2. The molecule has 1 aromatic carbocycles. The zero-order chi connectivity index (χ0) is 15.9. The fourth-order valence-corrected chi connectivity index (χ4v) is 2.36. The van der Waals surface area contributed by atoms with Crippen LogP contribution in [-0.4, -0.2) is 41.3 Å². The first-order chi connectivity index (χ1) is 10.6. The van der Waals surface area contributed by atoms with Gasteiger partial charge in [0.2, 0.25) is 11.8 Å². The van der Waals surface area contributed by atoms with Gasteiger partial charge in [0, 0.05) is 37.1 Å². The number of benzene rings is 1. The Morgan fingerprint density at radius 3 is 2.86 bits per heavy atom. The molecule has 5 heteroatoms. The maximum absolute atomic E-state index is 11.9. The van der Waals surface area contributed by atoms with E-state index in [1.165, 1.54) is 22.8 Å². The van der Waals surface area contributed by atoms with Gasteiger partial charge in [-0.1, -0.05) is 24.3 Å². The summed E-state index contributed by atoms with van der Waals surface area (Å²) in [5, 5.41) is 4.02. The highest BCUT2D eigenvalue weighted by molar-refractivity contribution is 5.84. The zero-order valence-corrected chi connectivity index (χ0v) is 12.8. The number of rotatable bonds is 7. The first-order valence-corrected chi connectivity index (χ1v) is 7.30. The van der Waals surface area contributed by atoms with Crippen LogP contribution < -0.4 is 5.32 Å². The van der Waals surface area contributed by atoms with Crippen LogP contribution in [0.4, 0.5) is 0 Å². The number of nitrogens with zero attached hydrogens (tertiary/aromatic N) is 1. The first kappa shape index (κ1) is 15.8. The molecule has 0 unspecified atom stereocenters. The molecule has 0 aliphatic carbocycles. The van der Waals surface area contributed by atoms with E-state index in [1.807, 2.05) is 24.4 Å². The van der Waals surface area contributed by atoms with Crippen molar-refractivity contribution in [3.63, 3.8) is 0 Å². The third-order valence-corrected chi connectivity index (χ3v) is 3.52. The largest absolute Gasteiger partial charge is 0.361 e. The van der Waals surface area contributed by atoms with Gasteiger partial charge in [-0.2, -0.15) is 0 Å². The Hall–Kier alpha value is -2.56. The highest BCUT2D eigenvalue weighted by atomic mass is 16.2. The van der Waals surface area contributed by atoms with Crippen LogP contribution in [0.1, 0.15) is 12.5 Å². The number of nitrogens with one attached hydrogen (secondary N) is 2. The van der Waals surface area contributed by atoms with Crippen molar-refractivity contribution < 1.29 is 9.59 Å². The Bertz CT molecular complexity index is 675. The fourth-order valence-electron chi connectivity index (χ4n) is 2.36. The van der Waals surface area contributed by atoms with Gasteiger partial charge in [0.25, 0.3) is 0 Å². The zero-order valence-electron chi connectivity index (χ0n) is 12.8. The lowest BCUT2D eigenvalue weighted by Crippen LogP contribution is -2.40. The fraction of sp³-hybridized carbons (Fsp3) is 0.294. The molecule has 0 atom stereocenters. The quantitative estimate of drug-likeness (QED) is 0.766. The number of aromatic nitrogens is 1. The molecule has 0 radical (unpaired) electrons. The lowest BCUT2D eigenvalue weighted by Gasteiger charge is -2.18. The predicted octanol–water partition coefficient (Wildman–Crippen LogP) is 1.86. The third-order valence-electron chi connectivity index (χ3n) is 3.52. The molecular weight excluding hydrogens is 278 g/mol. The number of hydrogen-bond donors (Lipinski definition) is 2. The van der Waals surface area contributed by atoms with Crippen LogP contribution in [0.15, 0.2) is 43.1 Å². The van der Waals surface area contributed by atoms with E-state index >= 15 is 0 Å². The smallest absolute Gasteiger partial charge is 0.239 e. The van der Waals surface area contributed by atoms with Gasteiger partial charge >= 0.3 is 0 Å². The molecule has 116 valence electrons. The number of carbonyl (C=O) groups is 2. The van der Waals surface area contributed by atoms with E-state index in [9.17, 15) is 9.59 Å². The van der Waals surface area contributed by atoms with Gasteiger partial charge in [-0.3, -0.25) is 9.59 Å². The van der Waals surface area contributed by atoms with Crippen molar-refractivity contribution in [1.29, 1.82) is 0 Å². The van der Waals surface area contributed by atoms with Crippen molar-refractivity contribution in [2.45, 2.75) is 13.3 Å². The van der Waals surface area contributed by atoms with E-state index in [-0.39, 0.29) is 18.4 Å². The average molecular weight is 299 g/mol. The minimum atomic E-state index is -0.156. The molecular formula is C17H21N3O2. The summed E-state index contributed by atoms with van der Waals surface area (Å²) in [6.07, 6.45) is 4.33. The Kier molecular flexibility index (Phi) is 5.36. The molecule has 0 saturated heterocycles. The van der Waals surface area contributed by atoms with Crippen LogP contribution in [0.2, 0.25) is 0 Å². The SMILES string of the molecule is C=CCN(CC(=O)NCCc1c[nH]c2ccccc12)C(C)=O. The average Bonchev–Trinajstić information content (AvgIpc) is 2.90. The molecule has 2 aromatic rings. The number of carbonyl (C=O) groups excluding carboxylic acids is 2. The van der Waals surface area contributed by atoms with E-state index in [0.717, 1.165) is 11.9 Å². The number of para-hydroxylation sites is 1. The molecule has 0 fully saturated rings. The van der Waals surface area contributed by atoms with Crippen LogP contribution in [0.5, 0.6) is 0 Å². The van der Waals surface area contributed by atoms with Crippen molar-refractivity contribution in [1.82, 2.24) is 15.2 Å². The maximum Gasteiger partial charge on any atom is 0.239 e. The molecule has 2 rings (SSSR count). The summed E-state index contributed by atoms with van der Waals surface area (Å²) >= 11 is 0. The van der Waals surface area contributed by atoms with E-state index < -0.39 is 0 Å². The second kappa shape index (κ2) is 7.45. The third kappa shape index (κ3) is 3.97. The Labute approximate surface area is 130 Å². The molecule has 2 amide bonds. The van der Waals surface area contributed by atoms with Crippen molar-refractivity contribution in [3.05, 3.63) is 48.7 Å². The second-order valence-electron chi connectivity index (χ2n) is 5.15. The summed E-state index contributed by atoms with van der Waals surface area (Å²) in [6.45, 7) is 6.02. The van der Waals surface area contributed by atoms with Crippen molar-refractivity contribution in [3.8, 4) is 0 Å². The first-order valence-electron chi connectivity index (χ1n) is 7.30. The van der Waals surface area contributed by atoms with Gasteiger partial charge in [0.1, 0.15) is 0 Å². The number of aromatic amines is 1. The van der Waals surface area contributed by atoms with Gasteiger partial charge in [0.05, 0.1) is 6.54 Å². The minimum Gasteiger partial charge on any atom is -0.361 e. The van der Waals surface area contributed by atoms with Crippen molar-refractivity contribution in [2.75, 3.05) is 19.6 Å². The molecule has 22 heavy (non-hydrogen) atoms.